The van der Waals surface area contributed by atoms with Crippen LogP contribution in [0.4, 0.5) is 17.3 Å². The minimum atomic E-state index is -1.08. The predicted octanol–water partition coefficient (Wildman–Crippen LogP) is 2.02. The molecule has 8 nitrogen and oxygen atoms in total. The first-order valence-corrected chi connectivity index (χ1v) is 9.62. The number of hydrogen-bond donors (Lipinski definition) is 4. The highest BCUT2D eigenvalue weighted by Crippen LogP contribution is 2.22. The van der Waals surface area contributed by atoms with E-state index in [1.165, 1.54) is 12.4 Å². The van der Waals surface area contributed by atoms with E-state index in [0.29, 0.717) is 17.6 Å². The van der Waals surface area contributed by atoms with Crippen LogP contribution in [0.15, 0.2) is 24.7 Å². The molecule has 0 amide bonds. The molecule has 0 bridgehead atoms. The van der Waals surface area contributed by atoms with Gasteiger partial charge >= 0.3 is 0 Å². The lowest BCUT2D eigenvalue weighted by atomic mass is 9.98. The van der Waals surface area contributed by atoms with Crippen LogP contribution in [0.25, 0.3) is 0 Å². The molecule has 0 spiro atoms. The molecule has 1 saturated heterocycles. The Morgan fingerprint density at radius 1 is 1.17 bits per heavy atom. The molecule has 0 radical (unpaired) electrons. The predicted molar refractivity (Wildman–Crippen MR) is 112 cm³/mol. The Morgan fingerprint density at radius 3 is 2.59 bits per heavy atom. The van der Waals surface area contributed by atoms with E-state index in [4.69, 9.17) is 5.26 Å². The Labute approximate surface area is 170 Å². The van der Waals surface area contributed by atoms with Gasteiger partial charge in [-0.25, -0.2) is 15.0 Å². The van der Waals surface area contributed by atoms with Gasteiger partial charge in [-0.2, -0.15) is 5.26 Å². The molecule has 8 heteroatoms. The van der Waals surface area contributed by atoms with Crippen molar-refractivity contribution in [1.82, 2.24) is 20.3 Å². The Morgan fingerprint density at radius 2 is 1.93 bits per heavy atom. The molecule has 1 aliphatic rings. The maximum atomic E-state index is 9.92. The van der Waals surface area contributed by atoms with Gasteiger partial charge in [0.15, 0.2) is 5.69 Å². The summed E-state index contributed by atoms with van der Waals surface area (Å²) in [6.07, 6.45) is 6.83. The highest BCUT2D eigenvalue weighted by molar-refractivity contribution is 5.65. The van der Waals surface area contributed by atoms with Gasteiger partial charge in [0.05, 0.1) is 23.6 Å². The summed E-state index contributed by atoms with van der Waals surface area (Å²) in [4.78, 5) is 12.6. The molecular formula is C21H25N7O. The minimum Gasteiger partial charge on any atom is -0.384 e. The Hall–Kier alpha value is -3.20. The van der Waals surface area contributed by atoms with Crippen molar-refractivity contribution in [3.63, 3.8) is 0 Å². The fraction of sp³-hybridized carbons (Fsp3) is 0.429. The van der Waals surface area contributed by atoms with Gasteiger partial charge in [-0.05, 0) is 45.7 Å². The standard InChI is InChI=1S/C21H25N7O/c1-21(2,29)6-3-16-12-26-19(28-20-14-24-17(10-22)13-27-20)9-18(16)25-11-15-4-7-23-8-5-15/h9,12-15,23,29H,4-5,7-8,11H2,1-2H3,(H2,25,26,27,28). The van der Waals surface area contributed by atoms with E-state index in [1.807, 2.05) is 12.1 Å². The number of nitrogens with one attached hydrogen (secondary N) is 3. The van der Waals surface area contributed by atoms with Crippen LogP contribution in [0.1, 0.15) is 37.9 Å². The molecule has 2 aromatic rings. The first-order chi connectivity index (χ1) is 13.9. The monoisotopic (exact) mass is 391 g/mol. The van der Waals surface area contributed by atoms with Crippen molar-refractivity contribution < 1.29 is 5.11 Å². The average Bonchev–Trinajstić information content (AvgIpc) is 2.72. The molecule has 0 unspecified atom stereocenters. The molecule has 0 atom stereocenters. The second-order valence-electron chi connectivity index (χ2n) is 7.52. The van der Waals surface area contributed by atoms with Gasteiger partial charge in [-0.1, -0.05) is 11.8 Å². The Balaban J connectivity index is 1.80. The van der Waals surface area contributed by atoms with Crippen molar-refractivity contribution in [1.29, 1.82) is 5.26 Å². The van der Waals surface area contributed by atoms with Crippen LogP contribution in [0.5, 0.6) is 0 Å². The van der Waals surface area contributed by atoms with Crippen LogP contribution in [-0.2, 0) is 0 Å². The van der Waals surface area contributed by atoms with Gasteiger partial charge in [0.25, 0.3) is 0 Å². The summed E-state index contributed by atoms with van der Waals surface area (Å²) < 4.78 is 0. The molecule has 3 heterocycles. The third-order valence-corrected chi connectivity index (χ3v) is 4.47. The van der Waals surface area contributed by atoms with Crippen LogP contribution in [0.2, 0.25) is 0 Å². The van der Waals surface area contributed by atoms with Crippen LogP contribution in [0.3, 0.4) is 0 Å². The number of rotatable bonds is 5. The molecule has 0 aromatic carbocycles. The summed E-state index contributed by atoms with van der Waals surface area (Å²) >= 11 is 0. The third-order valence-electron chi connectivity index (χ3n) is 4.47. The van der Waals surface area contributed by atoms with Gasteiger partial charge in [0.1, 0.15) is 23.3 Å². The van der Waals surface area contributed by atoms with E-state index < -0.39 is 5.60 Å². The van der Waals surface area contributed by atoms with E-state index in [-0.39, 0.29) is 5.69 Å². The normalized spacial score (nSPS) is 14.4. The van der Waals surface area contributed by atoms with Crippen molar-refractivity contribution in [2.75, 3.05) is 30.3 Å². The van der Waals surface area contributed by atoms with Crippen molar-refractivity contribution >= 4 is 17.3 Å². The second kappa shape index (κ2) is 9.33. The van der Waals surface area contributed by atoms with Crippen LogP contribution < -0.4 is 16.0 Å². The second-order valence-corrected chi connectivity index (χ2v) is 7.52. The maximum Gasteiger partial charge on any atom is 0.158 e. The van der Waals surface area contributed by atoms with Gasteiger partial charge < -0.3 is 21.1 Å². The topological polar surface area (TPSA) is 119 Å². The van der Waals surface area contributed by atoms with Crippen molar-refractivity contribution in [3.05, 3.63) is 35.9 Å². The molecule has 2 aromatic heterocycles. The maximum absolute atomic E-state index is 9.92. The van der Waals surface area contributed by atoms with Crippen molar-refractivity contribution in [3.8, 4) is 17.9 Å². The number of aromatic nitrogens is 3. The molecule has 1 aliphatic heterocycles. The molecule has 0 aliphatic carbocycles. The van der Waals surface area contributed by atoms with Crippen LogP contribution >= 0.6 is 0 Å². The molecule has 0 saturated carbocycles. The quantitative estimate of drug-likeness (QED) is 0.572. The summed E-state index contributed by atoms with van der Waals surface area (Å²) in [5.41, 5.74) is 0.739. The lowest BCUT2D eigenvalue weighted by Gasteiger charge is -2.23. The number of anilines is 3. The number of piperidine rings is 1. The summed E-state index contributed by atoms with van der Waals surface area (Å²) in [6, 6.07) is 3.81. The average molecular weight is 391 g/mol. The first-order valence-electron chi connectivity index (χ1n) is 9.62. The van der Waals surface area contributed by atoms with E-state index in [0.717, 1.165) is 43.7 Å². The Kier molecular flexibility index (Phi) is 6.61. The lowest BCUT2D eigenvalue weighted by molar-refractivity contribution is 0.143. The summed E-state index contributed by atoms with van der Waals surface area (Å²) in [5.74, 6) is 7.54. The molecule has 4 N–H and O–H groups in total. The van der Waals surface area contributed by atoms with E-state index >= 15 is 0 Å². The highest BCUT2D eigenvalue weighted by Gasteiger charge is 2.14. The van der Waals surface area contributed by atoms with Crippen LogP contribution in [0, 0.1) is 29.1 Å². The zero-order valence-corrected chi connectivity index (χ0v) is 16.7. The largest absolute Gasteiger partial charge is 0.384 e. The molecule has 1 fully saturated rings. The highest BCUT2D eigenvalue weighted by atomic mass is 16.3. The van der Waals surface area contributed by atoms with Gasteiger partial charge in [0, 0.05) is 18.8 Å². The zero-order chi connectivity index (χ0) is 20.7. The number of aliphatic hydroxyl groups is 1. The fourth-order valence-corrected chi connectivity index (χ4v) is 2.91. The number of nitriles is 1. The first kappa shape index (κ1) is 20.5. The molecule has 150 valence electrons. The lowest BCUT2D eigenvalue weighted by Crippen LogP contribution is -2.31. The Bertz CT molecular complexity index is 927. The number of hydrogen-bond acceptors (Lipinski definition) is 8. The van der Waals surface area contributed by atoms with E-state index in [2.05, 4.69) is 42.7 Å². The van der Waals surface area contributed by atoms with E-state index in [1.54, 1.807) is 20.0 Å². The SMILES string of the molecule is CC(C)(O)C#Cc1cnc(Nc2cnc(C#N)cn2)cc1NCC1CCNCC1. The molecular weight excluding hydrogens is 366 g/mol. The van der Waals surface area contributed by atoms with Gasteiger partial charge in [0.2, 0.25) is 0 Å². The minimum absolute atomic E-state index is 0.255. The summed E-state index contributed by atoms with van der Waals surface area (Å²) in [5, 5.41) is 28.7. The van der Waals surface area contributed by atoms with Crippen molar-refractivity contribution in [2.24, 2.45) is 5.92 Å². The van der Waals surface area contributed by atoms with Crippen molar-refractivity contribution in [2.45, 2.75) is 32.3 Å². The van der Waals surface area contributed by atoms with Gasteiger partial charge in [-0.3, -0.25) is 0 Å². The number of pyridine rings is 1. The smallest absolute Gasteiger partial charge is 0.158 e. The summed E-state index contributed by atoms with van der Waals surface area (Å²) in [7, 11) is 0. The molecule has 3 rings (SSSR count). The van der Waals surface area contributed by atoms with Gasteiger partial charge in [-0.15, -0.1) is 0 Å². The molecule has 29 heavy (non-hydrogen) atoms. The fourth-order valence-electron chi connectivity index (χ4n) is 2.91. The zero-order valence-electron chi connectivity index (χ0n) is 16.7. The van der Waals surface area contributed by atoms with Crippen LogP contribution in [-0.4, -0.2) is 45.3 Å². The van der Waals surface area contributed by atoms with E-state index in [9.17, 15) is 5.11 Å². The number of nitrogens with zero attached hydrogens (tertiary/aromatic N) is 4. The third kappa shape index (κ3) is 6.42. The summed E-state index contributed by atoms with van der Waals surface area (Å²) in [6.45, 7) is 6.22.